The number of aromatic nitrogens is 2. The van der Waals surface area contributed by atoms with Gasteiger partial charge in [-0.3, -0.25) is 0 Å². The Balaban J connectivity index is 2.71. The summed E-state index contributed by atoms with van der Waals surface area (Å²) in [6, 6.07) is 2.03. The fourth-order valence-corrected chi connectivity index (χ4v) is 1.58. The first kappa shape index (κ1) is 13.9. The van der Waals surface area contributed by atoms with Crippen LogP contribution in [0.5, 0.6) is 0 Å². The van der Waals surface area contributed by atoms with Crippen LogP contribution in [0.3, 0.4) is 0 Å². The number of aryl methyl sites for hydroxylation is 1. The highest BCUT2D eigenvalue weighted by Gasteiger charge is 2.08. The molecule has 0 saturated heterocycles. The minimum absolute atomic E-state index is 0.690. The summed E-state index contributed by atoms with van der Waals surface area (Å²) >= 11 is 0. The maximum absolute atomic E-state index is 5.55. The van der Waals surface area contributed by atoms with Crippen LogP contribution in [0.1, 0.15) is 19.0 Å². The fraction of sp³-hybridized carbons (Fsp3) is 0.667. The van der Waals surface area contributed by atoms with Crippen molar-refractivity contribution in [1.82, 2.24) is 9.97 Å². The summed E-state index contributed by atoms with van der Waals surface area (Å²) < 4.78 is 5.11. The lowest BCUT2D eigenvalue weighted by Gasteiger charge is -2.23. The van der Waals surface area contributed by atoms with Gasteiger partial charge in [-0.2, -0.15) is 0 Å². The molecular formula is C12H22N4O. The van der Waals surface area contributed by atoms with Crippen LogP contribution in [0, 0.1) is 0 Å². The van der Waals surface area contributed by atoms with Gasteiger partial charge in [-0.05, 0) is 19.4 Å². The summed E-state index contributed by atoms with van der Waals surface area (Å²) in [5.41, 5.74) is 6.61. The predicted octanol–water partition coefficient (Wildman–Crippen LogP) is 0.841. The van der Waals surface area contributed by atoms with Gasteiger partial charge in [0, 0.05) is 32.0 Å². The summed E-state index contributed by atoms with van der Waals surface area (Å²) in [7, 11) is 1.71. The van der Waals surface area contributed by atoms with Crippen molar-refractivity contribution in [3.8, 4) is 0 Å². The Morgan fingerprint density at radius 3 is 2.82 bits per heavy atom. The molecule has 1 aromatic heterocycles. The normalized spacial score (nSPS) is 10.5. The van der Waals surface area contributed by atoms with E-state index in [1.165, 1.54) is 0 Å². The molecule has 0 aliphatic rings. The maximum Gasteiger partial charge on any atom is 0.132 e. The number of rotatable bonds is 8. The number of nitrogens with zero attached hydrogens (tertiary/aromatic N) is 3. The van der Waals surface area contributed by atoms with E-state index in [-0.39, 0.29) is 0 Å². The smallest absolute Gasteiger partial charge is 0.132 e. The van der Waals surface area contributed by atoms with Crippen molar-refractivity contribution < 1.29 is 4.74 Å². The van der Waals surface area contributed by atoms with Crippen LogP contribution in [0.15, 0.2) is 12.4 Å². The molecule has 0 amide bonds. The number of nitrogens with two attached hydrogens (primary N) is 1. The van der Waals surface area contributed by atoms with Gasteiger partial charge in [0.2, 0.25) is 0 Å². The Morgan fingerprint density at radius 2 is 2.18 bits per heavy atom. The van der Waals surface area contributed by atoms with E-state index in [1.807, 2.05) is 6.07 Å². The first-order valence-corrected chi connectivity index (χ1v) is 6.06. The number of methoxy groups -OCH3 is 1. The minimum Gasteiger partial charge on any atom is -0.383 e. The molecule has 0 fully saturated rings. The van der Waals surface area contributed by atoms with Crippen LogP contribution < -0.4 is 10.6 Å². The third kappa shape index (κ3) is 4.66. The zero-order valence-electron chi connectivity index (χ0n) is 10.7. The standard InChI is InChI=1S/C12H22N4O/c1-3-11-9-12(15-10-14-11)16(6-4-5-13)7-8-17-2/h9-10H,3-8,13H2,1-2H3. The zero-order valence-corrected chi connectivity index (χ0v) is 10.7. The van der Waals surface area contributed by atoms with Crippen LogP contribution in [0.4, 0.5) is 5.82 Å². The van der Waals surface area contributed by atoms with Crippen molar-refractivity contribution in [2.45, 2.75) is 19.8 Å². The molecule has 1 aromatic rings. The van der Waals surface area contributed by atoms with Crippen molar-refractivity contribution in [2.75, 3.05) is 38.3 Å². The van der Waals surface area contributed by atoms with Crippen LogP contribution in [-0.4, -0.2) is 43.3 Å². The molecular weight excluding hydrogens is 216 g/mol. The molecule has 0 aromatic carbocycles. The van der Waals surface area contributed by atoms with Crippen molar-refractivity contribution >= 4 is 5.82 Å². The molecule has 0 bridgehead atoms. The molecule has 5 nitrogen and oxygen atoms in total. The summed E-state index contributed by atoms with van der Waals surface area (Å²) in [6.45, 7) is 5.20. The van der Waals surface area contributed by atoms with E-state index in [4.69, 9.17) is 10.5 Å². The topological polar surface area (TPSA) is 64.3 Å². The molecule has 0 spiro atoms. The molecule has 0 aliphatic carbocycles. The minimum atomic E-state index is 0.690. The lowest BCUT2D eigenvalue weighted by atomic mass is 10.3. The molecule has 0 atom stereocenters. The van der Waals surface area contributed by atoms with Gasteiger partial charge in [0.25, 0.3) is 0 Å². The summed E-state index contributed by atoms with van der Waals surface area (Å²) in [5.74, 6) is 0.961. The van der Waals surface area contributed by atoms with E-state index in [0.717, 1.165) is 37.4 Å². The lowest BCUT2D eigenvalue weighted by molar-refractivity contribution is 0.205. The number of hydrogen-bond donors (Lipinski definition) is 1. The summed E-state index contributed by atoms with van der Waals surface area (Å²) in [4.78, 5) is 10.7. The Kier molecular flexibility index (Phi) is 6.50. The highest BCUT2D eigenvalue weighted by molar-refractivity contribution is 5.38. The van der Waals surface area contributed by atoms with Crippen LogP contribution in [0.2, 0.25) is 0 Å². The Labute approximate surface area is 103 Å². The molecule has 2 N–H and O–H groups in total. The van der Waals surface area contributed by atoms with Crippen molar-refractivity contribution in [3.05, 3.63) is 18.1 Å². The fourth-order valence-electron chi connectivity index (χ4n) is 1.58. The second-order valence-electron chi connectivity index (χ2n) is 3.84. The quantitative estimate of drug-likeness (QED) is 0.727. The van der Waals surface area contributed by atoms with Gasteiger partial charge in [-0.15, -0.1) is 0 Å². The SMILES string of the molecule is CCc1cc(N(CCCN)CCOC)ncn1. The average Bonchev–Trinajstić information content (AvgIpc) is 2.39. The highest BCUT2D eigenvalue weighted by atomic mass is 16.5. The Morgan fingerprint density at radius 1 is 1.35 bits per heavy atom. The van der Waals surface area contributed by atoms with Crippen molar-refractivity contribution in [3.63, 3.8) is 0 Å². The summed E-state index contributed by atoms with van der Waals surface area (Å²) in [6.07, 6.45) is 3.50. The second kappa shape index (κ2) is 7.97. The summed E-state index contributed by atoms with van der Waals surface area (Å²) in [5, 5.41) is 0. The van der Waals surface area contributed by atoms with Gasteiger partial charge in [-0.25, -0.2) is 9.97 Å². The van der Waals surface area contributed by atoms with E-state index < -0.39 is 0 Å². The van der Waals surface area contributed by atoms with Crippen LogP contribution in [0.25, 0.3) is 0 Å². The number of anilines is 1. The van der Waals surface area contributed by atoms with Gasteiger partial charge in [0.05, 0.1) is 6.61 Å². The van der Waals surface area contributed by atoms with Crippen molar-refractivity contribution in [1.29, 1.82) is 0 Å². The first-order valence-electron chi connectivity index (χ1n) is 6.06. The molecule has 0 aliphatic heterocycles. The van der Waals surface area contributed by atoms with Gasteiger partial charge < -0.3 is 15.4 Å². The third-order valence-electron chi connectivity index (χ3n) is 2.59. The molecule has 1 heterocycles. The van der Waals surface area contributed by atoms with Gasteiger partial charge in [0.15, 0.2) is 0 Å². The Hall–Kier alpha value is -1.20. The monoisotopic (exact) mass is 238 g/mol. The van der Waals surface area contributed by atoms with Crippen LogP contribution in [-0.2, 0) is 11.2 Å². The van der Waals surface area contributed by atoms with E-state index in [0.29, 0.717) is 13.2 Å². The van der Waals surface area contributed by atoms with Gasteiger partial charge >= 0.3 is 0 Å². The molecule has 96 valence electrons. The van der Waals surface area contributed by atoms with Crippen molar-refractivity contribution in [2.24, 2.45) is 5.73 Å². The van der Waals surface area contributed by atoms with Gasteiger partial charge in [-0.1, -0.05) is 6.92 Å². The highest BCUT2D eigenvalue weighted by Crippen LogP contribution is 2.11. The average molecular weight is 238 g/mol. The molecule has 5 heteroatoms. The van der Waals surface area contributed by atoms with Gasteiger partial charge in [0.1, 0.15) is 12.1 Å². The Bertz CT molecular complexity index is 311. The predicted molar refractivity (Wildman–Crippen MR) is 69.2 cm³/mol. The van der Waals surface area contributed by atoms with E-state index >= 15 is 0 Å². The first-order chi connectivity index (χ1) is 8.31. The molecule has 1 rings (SSSR count). The van der Waals surface area contributed by atoms with Crippen LogP contribution >= 0.6 is 0 Å². The maximum atomic E-state index is 5.55. The molecule has 17 heavy (non-hydrogen) atoms. The molecule has 0 radical (unpaired) electrons. The zero-order chi connectivity index (χ0) is 12.5. The third-order valence-corrected chi connectivity index (χ3v) is 2.59. The van der Waals surface area contributed by atoms with E-state index in [1.54, 1.807) is 13.4 Å². The lowest BCUT2D eigenvalue weighted by Crippen LogP contribution is -2.30. The number of ether oxygens (including phenoxy) is 1. The second-order valence-corrected chi connectivity index (χ2v) is 3.84. The van der Waals surface area contributed by atoms with E-state index in [2.05, 4.69) is 21.8 Å². The number of hydrogen-bond acceptors (Lipinski definition) is 5. The molecule has 0 saturated carbocycles. The largest absolute Gasteiger partial charge is 0.383 e. The molecule has 0 unspecified atom stereocenters. The van der Waals surface area contributed by atoms with E-state index in [9.17, 15) is 0 Å².